The minimum Gasteiger partial charge on any atom is -0.491 e. The molecule has 0 radical (unpaired) electrons. The molecule has 1 aliphatic rings. The first-order valence-corrected chi connectivity index (χ1v) is 6.18. The van der Waals surface area contributed by atoms with Crippen LogP contribution < -0.4 is 15.4 Å². The summed E-state index contributed by atoms with van der Waals surface area (Å²) in [5.41, 5.74) is 0.835. The molecule has 1 heterocycles. The van der Waals surface area contributed by atoms with Gasteiger partial charge in [0.1, 0.15) is 25.6 Å². The van der Waals surface area contributed by atoms with Crippen LogP contribution in [0.2, 0.25) is 0 Å². The van der Waals surface area contributed by atoms with Crippen molar-refractivity contribution >= 4 is 17.9 Å². The lowest BCUT2D eigenvalue weighted by Crippen LogP contribution is -2.43. The van der Waals surface area contributed by atoms with Crippen molar-refractivity contribution in [3.8, 4) is 5.75 Å². The molecule has 0 bridgehead atoms. The zero-order chi connectivity index (χ0) is 15.2. The first-order chi connectivity index (χ1) is 10.1. The Labute approximate surface area is 120 Å². The molecule has 8 heteroatoms. The number of rotatable bonds is 5. The number of urea groups is 1. The van der Waals surface area contributed by atoms with Gasteiger partial charge >= 0.3 is 12.0 Å². The monoisotopic (exact) mass is 294 g/mol. The maximum atomic E-state index is 11.6. The van der Waals surface area contributed by atoms with Gasteiger partial charge in [0.05, 0.1) is 6.04 Å². The molecule has 21 heavy (non-hydrogen) atoms. The number of nitrogens with one attached hydrogen (secondary N) is 2. The second-order valence-electron chi connectivity index (χ2n) is 4.31. The topological polar surface area (TPSA) is 114 Å². The van der Waals surface area contributed by atoms with Gasteiger partial charge in [-0.3, -0.25) is 10.1 Å². The number of benzene rings is 1. The van der Waals surface area contributed by atoms with Gasteiger partial charge in [-0.2, -0.15) is 0 Å². The Kier molecular flexibility index (Phi) is 4.72. The fourth-order valence-corrected chi connectivity index (χ4v) is 1.87. The van der Waals surface area contributed by atoms with Gasteiger partial charge in [-0.25, -0.2) is 9.59 Å². The number of aliphatic carboxylic acids is 1. The van der Waals surface area contributed by atoms with Crippen molar-refractivity contribution < 1.29 is 29.0 Å². The first-order valence-electron chi connectivity index (χ1n) is 6.18. The van der Waals surface area contributed by atoms with Crippen LogP contribution in [0, 0.1) is 0 Å². The third-order valence-corrected chi connectivity index (χ3v) is 2.72. The SMILES string of the molecule is O=C(O)COCC(=O)NC(=O)NC1COc2ccccc21. The smallest absolute Gasteiger partial charge is 0.329 e. The normalized spacial score (nSPS) is 15.7. The molecule has 0 saturated heterocycles. The Bertz CT molecular complexity index is 559. The third kappa shape index (κ3) is 4.18. The zero-order valence-corrected chi connectivity index (χ0v) is 11.0. The van der Waals surface area contributed by atoms with E-state index in [1.54, 1.807) is 6.07 Å². The second kappa shape index (κ2) is 6.71. The quantitative estimate of drug-likeness (QED) is 0.707. The standard InChI is InChI=1S/C13H14N2O6/c16-11(6-20-7-12(17)18)15-13(19)14-9-5-21-10-4-2-1-3-8(9)10/h1-4,9H,5-7H2,(H,17,18)(H2,14,15,16,19). The number of imide groups is 1. The van der Waals surface area contributed by atoms with Crippen molar-refractivity contribution in [3.63, 3.8) is 0 Å². The van der Waals surface area contributed by atoms with E-state index >= 15 is 0 Å². The van der Waals surface area contributed by atoms with Crippen LogP contribution >= 0.6 is 0 Å². The van der Waals surface area contributed by atoms with E-state index in [2.05, 4.69) is 10.1 Å². The molecule has 0 fully saturated rings. The van der Waals surface area contributed by atoms with Crippen LogP contribution in [0.1, 0.15) is 11.6 Å². The number of carbonyl (C=O) groups excluding carboxylic acids is 2. The third-order valence-electron chi connectivity index (χ3n) is 2.72. The molecule has 0 saturated carbocycles. The van der Waals surface area contributed by atoms with Crippen molar-refractivity contribution in [2.24, 2.45) is 0 Å². The Morgan fingerprint density at radius 3 is 2.81 bits per heavy atom. The number of amides is 3. The molecule has 1 aliphatic heterocycles. The molecule has 3 amide bonds. The lowest BCUT2D eigenvalue weighted by Gasteiger charge is -2.12. The highest BCUT2D eigenvalue weighted by Gasteiger charge is 2.25. The fraction of sp³-hybridized carbons (Fsp3) is 0.308. The average molecular weight is 294 g/mol. The van der Waals surface area contributed by atoms with Crippen LogP contribution in [0.25, 0.3) is 0 Å². The van der Waals surface area contributed by atoms with E-state index in [1.807, 2.05) is 23.5 Å². The largest absolute Gasteiger partial charge is 0.491 e. The number of hydrogen-bond acceptors (Lipinski definition) is 5. The van der Waals surface area contributed by atoms with Crippen LogP contribution in [0.5, 0.6) is 5.75 Å². The minimum absolute atomic E-state index is 0.288. The Balaban J connectivity index is 1.78. The van der Waals surface area contributed by atoms with Gasteiger partial charge in [-0.05, 0) is 6.07 Å². The lowest BCUT2D eigenvalue weighted by atomic mass is 10.1. The molecule has 1 aromatic carbocycles. The summed E-state index contributed by atoms with van der Waals surface area (Å²) in [7, 11) is 0. The van der Waals surface area contributed by atoms with Gasteiger partial charge in [0.25, 0.3) is 5.91 Å². The summed E-state index contributed by atoms with van der Waals surface area (Å²) in [5.74, 6) is -1.22. The molecule has 1 aromatic rings. The first kappa shape index (κ1) is 14.8. The number of carbonyl (C=O) groups is 3. The molecule has 3 N–H and O–H groups in total. The summed E-state index contributed by atoms with van der Waals surface area (Å²) < 4.78 is 9.96. The molecule has 112 valence electrons. The van der Waals surface area contributed by atoms with Crippen molar-refractivity contribution in [3.05, 3.63) is 29.8 Å². The number of para-hydroxylation sites is 1. The van der Waals surface area contributed by atoms with Gasteiger partial charge in [-0.15, -0.1) is 0 Å². The summed E-state index contributed by atoms with van der Waals surface area (Å²) in [6, 6.07) is 6.23. The number of carboxylic acid groups (broad SMARTS) is 1. The van der Waals surface area contributed by atoms with E-state index in [-0.39, 0.29) is 12.6 Å². The molecule has 0 aliphatic carbocycles. The summed E-state index contributed by atoms with van der Waals surface area (Å²) in [5, 5.41) is 13.0. The zero-order valence-electron chi connectivity index (χ0n) is 11.0. The summed E-state index contributed by atoms with van der Waals surface area (Å²) >= 11 is 0. The van der Waals surface area contributed by atoms with E-state index in [4.69, 9.17) is 9.84 Å². The van der Waals surface area contributed by atoms with Crippen molar-refractivity contribution in [2.45, 2.75) is 6.04 Å². The Morgan fingerprint density at radius 2 is 2.05 bits per heavy atom. The Hall–Kier alpha value is -2.61. The molecular weight excluding hydrogens is 280 g/mol. The van der Waals surface area contributed by atoms with Crippen molar-refractivity contribution in [1.82, 2.24) is 10.6 Å². The predicted molar refractivity (Wildman–Crippen MR) is 69.8 cm³/mol. The number of carboxylic acids is 1. The highest BCUT2D eigenvalue weighted by Crippen LogP contribution is 2.31. The maximum absolute atomic E-state index is 11.6. The molecule has 8 nitrogen and oxygen atoms in total. The lowest BCUT2D eigenvalue weighted by molar-refractivity contribution is -0.143. The van der Waals surface area contributed by atoms with Crippen LogP contribution in [-0.2, 0) is 14.3 Å². The summed E-state index contributed by atoms with van der Waals surface area (Å²) in [6.45, 7) is -0.813. The van der Waals surface area contributed by atoms with Crippen LogP contribution in [0.4, 0.5) is 4.79 Å². The van der Waals surface area contributed by atoms with Crippen molar-refractivity contribution in [1.29, 1.82) is 0 Å². The van der Waals surface area contributed by atoms with E-state index in [1.165, 1.54) is 0 Å². The summed E-state index contributed by atoms with van der Waals surface area (Å²) in [4.78, 5) is 33.2. The molecule has 2 rings (SSSR count). The van der Waals surface area contributed by atoms with Crippen molar-refractivity contribution in [2.75, 3.05) is 19.8 Å². The van der Waals surface area contributed by atoms with Gasteiger partial charge in [-0.1, -0.05) is 18.2 Å². The van der Waals surface area contributed by atoms with E-state index < -0.39 is 31.1 Å². The maximum Gasteiger partial charge on any atom is 0.329 e. The molecule has 0 aromatic heterocycles. The number of hydrogen-bond donors (Lipinski definition) is 3. The fourth-order valence-electron chi connectivity index (χ4n) is 1.87. The van der Waals surface area contributed by atoms with E-state index in [9.17, 15) is 14.4 Å². The van der Waals surface area contributed by atoms with Crippen LogP contribution in [-0.4, -0.2) is 42.8 Å². The second-order valence-corrected chi connectivity index (χ2v) is 4.31. The Morgan fingerprint density at radius 1 is 1.29 bits per heavy atom. The minimum atomic E-state index is -1.19. The summed E-state index contributed by atoms with van der Waals surface area (Å²) in [6.07, 6.45) is 0. The van der Waals surface area contributed by atoms with E-state index in [0.29, 0.717) is 5.75 Å². The van der Waals surface area contributed by atoms with Gasteiger partial charge < -0.3 is 19.9 Å². The highest BCUT2D eigenvalue weighted by atomic mass is 16.5. The number of ether oxygens (including phenoxy) is 2. The average Bonchev–Trinajstić information content (AvgIpc) is 2.81. The van der Waals surface area contributed by atoms with Gasteiger partial charge in [0.2, 0.25) is 0 Å². The molecule has 0 spiro atoms. The van der Waals surface area contributed by atoms with E-state index in [0.717, 1.165) is 5.56 Å². The predicted octanol–water partition coefficient (Wildman–Crippen LogP) is 0.0471. The van der Waals surface area contributed by atoms with Crippen LogP contribution in [0.3, 0.4) is 0 Å². The van der Waals surface area contributed by atoms with Gasteiger partial charge in [0, 0.05) is 5.56 Å². The molecular formula is C13H14N2O6. The number of fused-ring (bicyclic) bond motifs is 1. The molecule has 1 unspecified atom stereocenters. The highest BCUT2D eigenvalue weighted by molar-refractivity contribution is 5.95. The van der Waals surface area contributed by atoms with Gasteiger partial charge in [0.15, 0.2) is 0 Å². The van der Waals surface area contributed by atoms with Crippen LogP contribution in [0.15, 0.2) is 24.3 Å². The molecule has 1 atom stereocenters.